The molecule has 1 saturated carbocycles. The highest BCUT2D eigenvalue weighted by molar-refractivity contribution is 5.94. The fourth-order valence-corrected chi connectivity index (χ4v) is 4.74. The summed E-state index contributed by atoms with van der Waals surface area (Å²) in [6, 6.07) is 15.8. The van der Waals surface area contributed by atoms with E-state index < -0.39 is 0 Å². The first-order valence-electron chi connectivity index (χ1n) is 9.93. The van der Waals surface area contributed by atoms with E-state index in [4.69, 9.17) is 4.74 Å². The molecule has 4 rings (SSSR count). The molecular formula is C24H28N2O2. The molecule has 1 heterocycles. The number of carbonyl (C=O) groups excluding carboxylic acids is 1. The predicted octanol–water partition coefficient (Wildman–Crippen LogP) is 5.04. The van der Waals surface area contributed by atoms with Crippen molar-refractivity contribution in [1.29, 1.82) is 0 Å². The van der Waals surface area contributed by atoms with Gasteiger partial charge in [0.2, 0.25) is 0 Å². The van der Waals surface area contributed by atoms with E-state index >= 15 is 0 Å². The molecule has 0 aliphatic heterocycles. The summed E-state index contributed by atoms with van der Waals surface area (Å²) in [4.78, 5) is 15.9. The van der Waals surface area contributed by atoms with Gasteiger partial charge in [0, 0.05) is 28.7 Å². The number of H-pyrrole nitrogens is 1. The number of carbonyl (C=O) groups is 1. The van der Waals surface area contributed by atoms with Crippen LogP contribution in [0.25, 0.3) is 10.9 Å². The Morgan fingerprint density at radius 3 is 2.57 bits per heavy atom. The Hall–Kier alpha value is -2.75. The van der Waals surface area contributed by atoms with Crippen molar-refractivity contribution in [2.24, 2.45) is 11.3 Å². The number of hydrogen-bond donors (Lipinski definition) is 2. The molecule has 1 amide bonds. The van der Waals surface area contributed by atoms with Crippen molar-refractivity contribution in [2.45, 2.75) is 33.1 Å². The van der Waals surface area contributed by atoms with Crippen molar-refractivity contribution in [3.63, 3.8) is 0 Å². The summed E-state index contributed by atoms with van der Waals surface area (Å²) < 4.78 is 5.15. The van der Waals surface area contributed by atoms with Crippen LogP contribution < -0.4 is 10.1 Å². The average Bonchev–Trinajstić information content (AvgIpc) is 3.05. The fourth-order valence-electron chi connectivity index (χ4n) is 4.74. The van der Waals surface area contributed by atoms with Crippen LogP contribution in [-0.2, 0) is 0 Å². The number of aryl methyl sites for hydroxylation is 1. The average molecular weight is 377 g/mol. The summed E-state index contributed by atoms with van der Waals surface area (Å²) in [5.41, 5.74) is 4.85. The molecule has 1 fully saturated rings. The van der Waals surface area contributed by atoms with Crippen LogP contribution >= 0.6 is 0 Å². The Morgan fingerprint density at radius 2 is 1.86 bits per heavy atom. The second-order valence-corrected chi connectivity index (χ2v) is 8.39. The lowest BCUT2D eigenvalue weighted by molar-refractivity contribution is 0.0952. The first-order valence-corrected chi connectivity index (χ1v) is 9.93. The molecule has 2 atom stereocenters. The molecule has 0 unspecified atom stereocenters. The maximum absolute atomic E-state index is 12.4. The summed E-state index contributed by atoms with van der Waals surface area (Å²) >= 11 is 0. The van der Waals surface area contributed by atoms with Gasteiger partial charge in [-0.15, -0.1) is 0 Å². The zero-order valence-electron chi connectivity index (χ0n) is 17.0. The first kappa shape index (κ1) is 18.6. The van der Waals surface area contributed by atoms with Gasteiger partial charge in [0.15, 0.2) is 0 Å². The van der Waals surface area contributed by atoms with Crippen molar-refractivity contribution in [3.8, 4) is 5.75 Å². The summed E-state index contributed by atoms with van der Waals surface area (Å²) in [6.45, 7) is 7.55. The number of hydrogen-bond acceptors (Lipinski definition) is 2. The van der Waals surface area contributed by atoms with E-state index in [1.807, 2.05) is 12.1 Å². The summed E-state index contributed by atoms with van der Waals surface area (Å²) in [7, 11) is 1.62. The normalized spacial score (nSPS) is 20.1. The number of benzene rings is 2. The molecule has 4 nitrogen and oxygen atoms in total. The summed E-state index contributed by atoms with van der Waals surface area (Å²) in [5.74, 6) is 1.83. The molecule has 146 valence electrons. The van der Waals surface area contributed by atoms with Crippen LogP contribution in [0.4, 0.5) is 0 Å². The van der Waals surface area contributed by atoms with Gasteiger partial charge in [-0.05, 0) is 66.5 Å². The third kappa shape index (κ3) is 3.17. The lowest BCUT2D eigenvalue weighted by Crippen LogP contribution is -2.25. The Balaban J connectivity index is 1.41. The maximum atomic E-state index is 12.4. The molecule has 0 spiro atoms. The lowest BCUT2D eigenvalue weighted by Gasteiger charge is -2.07. The van der Waals surface area contributed by atoms with Gasteiger partial charge in [0.1, 0.15) is 5.75 Å². The molecule has 1 aromatic heterocycles. The zero-order valence-corrected chi connectivity index (χ0v) is 17.0. The number of fused-ring (bicyclic) bond motifs is 1. The Bertz CT molecular complexity index is 1000. The minimum atomic E-state index is -0.0269. The van der Waals surface area contributed by atoms with Crippen LogP contribution in [0.2, 0.25) is 0 Å². The van der Waals surface area contributed by atoms with Gasteiger partial charge in [-0.2, -0.15) is 0 Å². The van der Waals surface area contributed by atoms with Gasteiger partial charge in [0.25, 0.3) is 5.91 Å². The van der Waals surface area contributed by atoms with Crippen LogP contribution in [0.15, 0.2) is 48.5 Å². The van der Waals surface area contributed by atoms with Crippen molar-refractivity contribution in [3.05, 3.63) is 65.4 Å². The van der Waals surface area contributed by atoms with E-state index in [-0.39, 0.29) is 11.3 Å². The maximum Gasteiger partial charge on any atom is 0.251 e. The second kappa shape index (κ2) is 7.01. The number of nitrogens with one attached hydrogen (secondary N) is 2. The molecule has 1 aliphatic carbocycles. The summed E-state index contributed by atoms with van der Waals surface area (Å²) in [5, 5.41) is 4.41. The van der Waals surface area contributed by atoms with Crippen LogP contribution in [0.5, 0.6) is 5.75 Å². The number of rotatable bonds is 6. The molecule has 0 bridgehead atoms. The van der Waals surface area contributed by atoms with Crippen molar-refractivity contribution in [1.82, 2.24) is 10.3 Å². The zero-order chi connectivity index (χ0) is 19.9. The van der Waals surface area contributed by atoms with Gasteiger partial charge in [-0.25, -0.2) is 0 Å². The third-order valence-corrected chi connectivity index (χ3v) is 6.40. The van der Waals surface area contributed by atoms with Crippen LogP contribution in [0, 0.1) is 18.3 Å². The lowest BCUT2D eigenvalue weighted by atomic mass is 10.0. The summed E-state index contributed by atoms with van der Waals surface area (Å²) in [6.07, 6.45) is 0.985. The highest BCUT2D eigenvalue weighted by Gasteiger charge is 2.58. The monoisotopic (exact) mass is 376 g/mol. The van der Waals surface area contributed by atoms with Crippen LogP contribution in [-0.4, -0.2) is 24.5 Å². The van der Waals surface area contributed by atoms with E-state index in [2.05, 4.69) is 55.3 Å². The van der Waals surface area contributed by atoms with Gasteiger partial charge in [0.05, 0.1) is 7.11 Å². The minimum absolute atomic E-state index is 0.0269. The fraction of sp³-hybridized carbons (Fsp3) is 0.375. The highest BCUT2D eigenvalue weighted by atomic mass is 16.5. The number of aromatic nitrogens is 1. The number of para-hydroxylation sites is 1. The van der Waals surface area contributed by atoms with E-state index in [1.165, 1.54) is 22.2 Å². The highest BCUT2D eigenvalue weighted by Crippen LogP contribution is 2.67. The minimum Gasteiger partial charge on any atom is -0.497 e. The van der Waals surface area contributed by atoms with Gasteiger partial charge < -0.3 is 15.0 Å². The predicted molar refractivity (Wildman–Crippen MR) is 113 cm³/mol. The molecule has 3 aromatic rings. The number of aromatic amines is 1. The van der Waals surface area contributed by atoms with Gasteiger partial charge in [-0.1, -0.05) is 32.0 Å². The molecular weight excluding hydrogens is 348 g/mol. The van der Waals surface area contributed by atoms with E-state index in [0.29, 0.717) is 23.9 Å². The number of ether oxygens (including phenoxy) is 1. The largest absolute Gasteiger partial charge is 0.497 e. The van der Waals surface area contributed by atoms with E-state index in [0.717, 1.165) is 12.2 Å². The standard InChI is InChI=1S/C24H28N2O2/c1-15-21(18-7-5-6-8-20(18)26-15)22-19(24(22,2)3)13-14-25-23(27)16-9-11-17(28-4)12-10-16/h5-12,19,22,26H,13-14H2,1-4H3,(H,25,27)/t19-,22+/m0/s1. The molecule has 0 saturated heterocycles. The SMILES string of the molecule is COc1ccc(C(=O)NCC[C@H]2[C@H](c3c(C)[nH]c4ccccc34)C2(C)C)cc1. The van der Waals surface area contributed by atoms with Crippen molar-refractivity contribution in [2.75, 3.05) is 13.7 Å². The van der Waals surface area contributed by atoms with E-state index in [9.17, 15) is 4.79 Å². The molecule has 0 radical (unpaired) electrons. The smallest absolute Gasteiger partial charge is 0.251 e. The molecule has 28 heavy (non-hydrogen) atoms. The number of amides is 1. The van der Waals surface area contributed by atoms with E-state index in [1.54, 1.807) is 19.2 Å². The first-order chi connectivity index (χ1) is 13.4. The Kier molecular flexibility index (Phi) is 4.66. The second-order valence-electron chi connectivity index (χ2n) is 8.39. The quantitative estimate of drug-likeness (QED) is 0.633. The molecule has 4 heteroatoms. The molecule has 2 aromatic carbocycles. The van der Waals surface area contributed by atoms with Crippen LogP contribution in [0.1, 0.15) is 47.8 Å². The Morgan fingerprint density at radius 1 is 1.14 bits per heavy atom. The van der Waals surface area contributed by atoms with Crippen molar-refractivity contribution < 1.29 is 9.53 Å². The molecule has 2 N–H and O–H groups in total. The Labute approximate surface area is 166 Å². The van der Waals surface area contributed by atoms with Crippen molar-refractivity contribution >= 4 is 16.8 Å². The number of methoxy groups -OCH3 is 1. The van der Waals surface area contributed by atoms with Gasteiger partial charge >= 0.3 is 0 Å². The molecule has 1 aliphatic rings. The third-order valence-electron chi connectivity index (χ3n) is 6.40. The topological polar surface area (TPSA) is 54.1 Å². The van der Waals surface area contributed by atoms with Gasteiger partial charge in [-0.3, -0.25) is 4.79 Å². The van der Waals surface area contributed by atoms with Crippen LogP contribution in [0.3, 0.4) is 0 Å².